The summed E-state index contributed by atoms with van der Waals surface area (Å²) in [5.41, 5.74) is 1.39. The van der Waals surface area contributed by atoms with Gasteiger partial charge in [0.2, 0.25) is 0 Å². The Morgan fingerprint density at radius 2 is 1.92 bits per heavy atom. The van der Waals surface area contributed by atoms with E-state index in [4.69, 9.17) is 4.74 Å². The predicted octanol–water partition coefficient (Wildman–Crippen LogP) is 3.80. The number of piperidine rings is 1. The molecule has 2 aliphatic rings. The minimum absolute atomic E-state index is 0.105. The second-order valence-corrected chi connectivity index (χ2v) is 8.35. The molecule has 130 valence electrons. The SMILES string of the molecule is CC(C)(C)OC(=O)N1CCC(N2Cc3cc(Br)ccc3C2=O)CC1. The number of carbonyl (C=O) groups is 2. The fraction of sp³-hybridized carbons (Fsp3) is 0.556. The fourth-order valence-corrected chi connectivity index (χ4v) is 3.70. The van der Waals surface area contributed by atoms with Gasteiger partial charge in [-0.1, -0.05) is 15.9 Å². The standard InChI is InChI=1S/C18H23BrN2O3/c1-18(2,3)24-17(23)20-8-6-14(7-9-20)21-11-12-10-13(19)4-5-15(12)16(21)22/h4-5,10,14H,6-9,11H2,1-3H3. The van der Waals surface area contributed by atoms with Gasteiger partial charge >= 0.3 is 6.09 Å². The highest BCUT2D eigenvalue weighted by Gasteiger charge is 2.36. The van der Waals surface area contributed by atoms with Crippen LogP contribution in [0.25, 0.3) is 0 Å². The first-order valence-corrected chi connectivity index (χ1v) is 9.11. The lowest BCUT2D eigenvalue weighted by molar-refractivity contribution is 0.0148. The minimum Gasteiger partial charge on any atom is -0.444 e. The molecule has 1 fully saturated rings. The molecule has 0 unspecified atom stereocenters. The zero-order valence-electron chi connectivity index (χ0n) is 14.3. The summed E-state index contributed by atoms with van der Waals surface area (Å²) in [7, 11) is 0. The van der Waals surface area contributed by atoms with Crippen molar-refractivity contribution in [3.05, 3.63) is 33.8 Å². The van der Waals surface area contributed by atoms with E-state index in [0.29, 0.717) is 19.6 Å². The minimum atomic E-state index is -0.478. The van der Waals surface area contributed by atoms with Crippen LogP contribution in [0.4, 0.5) is 4.79 Å². The number of likely N-dealkylation sites (tertiary alicyclic amines) is 1. The molecule has 0 radical (unpaired) electrons. The molecule has 6 heteroatoms. The van der Waals surface area contributed by atoms with Gasteiger partial charge in [0.25, 0.3) is 5.91 Å². The lowest BCUT2D eigenvalue weighted by Crippen LogP contribution is -2.48. The van der Waals surface area contributed by atoms with E-state index in [-0.39, 0.29) is 18.0 Å². The third-order valence-corrected chi connectivity index (χ3v) is 4.95. The maximum atomic E-state index is 12.6. The van der Waals surface area contributed by atoms with E-state index in [1.165, 1.54) is 0 Å². The average molecular weight is 395 g/mol. The first kappa shape index (κ1) is 17.3. The van der Waals surface area contributed by atoms with Gasteiger partial charge in [-0.15, -0.1) is 0 Å². The van der Waals surface area contributed by atoms with Crippen LogP contribution in [0, 0.1) is 0 Å². The number of nitrogens with zero attached hydrogens (tertiary/aromatic N) is 2. The first-order chi connectivity index (χ1) is 11.2. The Kier molecular flexibility index (Phi) is 4.60. The molecule has 1 aromatic carbocycles. The molecule has 0 bridgehead atoms. The van der Waals surface area contributed by atoms with Crippen molar-refractivity contribution in [1.82, 2.24) is 9.80 Å². The summed E-state index contributed by atoms with van der Waals surface area (Å²) in [5.74, 6) is 0.105. The van der Waals surface area contributed by atoms with Crippen molar-refractivity contribution >= 4 is 27.9 Å². The Balaban J connectivity index is 1.60. The molecule has 0 spiro atoms. The zero-order valence-corrected chi connectivity index (χ0v) is 15.9. The summed E-state index contributed by atoms with van der Waals surface area (Å²) in [6, 6.07) is 5.99. The van der Waals surface area contributed by atoms with E-state index in [0.717, 1.165) is 28.4 Å². The molecule has 0 atom stereocenters. The highest BCUT2D eigenvalue weighted by Crippen LogP contribution is 2.30. The molecule has 0 aromatic heterocycles. The van der Waals surface area contributed by atoms with Gasteiger partial charge < -0.3 is 14.5 Å². The average Bonchev–Trinajstić information content (AvgIpc) is 2.82. The quantitative estimate of drug-likeness (QED) is 0.727. The van der Waals surface area contributed by atoms with Crippen LogP contribution in [0.5, 0.6) is 0 Å². The van der Waals surface area contributed by atoms with Gasteiger partial charge in [-0.05, 0) is 57.4 Å². The van der Waals surface area contributed by atoms with E-state index >= 15 is 0 Å². The van der Waals surface area contributed by atoms with Gasteiger partial charge in [0.1, 0.15) is 5.60 Å². The summed E-state index contributed by atoms with van der Waals surface area (Å²) in [6.07, 6.45) is 1.32. The summed E-state index contributed by atoms with van der Waals surface area (Å²) >= 11 is 3.46. The summed E-state index contributed by atoms with van der Waals surface area (Å²) < 4.78 is 6.42. The van der Waals surface area contributed by atoms with Crippen molar-refractivity contribution in [3.63, 3.8) is 0 Å². The molecule has 2 amide bonds. The predicted molar refractivity (Wildman–Crippen MR) is 94.8 cm³/mol. The van der Waals surface area contributed by atoms with Crippen LogP contribution < -0.4 is 0 Å². The topological polar surface area (TPSA) is 49.9 Å². The number of rotatable bonds is 1. The van der Waals surface area contributed by atoms with Crippen LogP contribution in [0.3, 0.4) is 0 Å². The number of hydrogen-bond donors (Lipinski definition) is 0. The number of carbonyl (C=O) groups excluding carboxylic acids is 2. The maximum absolute atomic E-state index is 12.6. The van der Waals surface area contributed by atoms with E-state index in [1.54, 1.807) is 4.90 Å². The summed E-state index contributed by atoms with van der Waals surface area (Å²) in [5, 5.41) is 0. The molecule has 3 rings (SSSR count). The number of halogens is 1. The van der Waals surface area contributed by atoms with Crippen molar-refractivity contribution in [3.8, 4) is 0 Å². The van der Waals surface area contributed by atoms with Crippen molar-refractivity contribution in [1.29, 1.82) is 0 Å². The number of benzene rings is 1. The van der Waals surface area contributed by atoms with Crippen molar-refractivity contribution in [2.24, 2.45) is 0 Å². The summed E-state index contributed by atoms with van der Waals surface area (Å²) in [4.78, 5) is 28.4. The number of fused-ring (bicyclic) bond motifs is 1. The molecule has 2 heterocycles. The third-order valence-electron chi connectivity index (χ3n) is 4.46. The Bertz CT molecular complexity index is 661. The normalized spacial score (nSPS) is 18.8. The molecule has 0 N–H and O–H groups in total. The Labute approximate surface area is 151 Å². The second-order valence-electron chi connectivity index (χ2n) is 7.43. The highest BCUT2D eigenvalue weighted by atomic mass is 79.9. The lowest BCUT2D eigenvalue weighted by atomic mass is 10.0. The van der Waals surface area contributed by atoms with Crippen molar-refractivity contribution in [2.45, 2.75) is 51.8 Å². The van der Waals surface area contributed by atoms with E-state index in [2.05, 4.69) is 15.9 Å². The van der Waals surface area contributed by atoms with E-state index in [1.807, 2.05) is 43.9 Å². The van der Waals surface area contributed by atoms with Gasteiger partial charge in [-0.2, -0.15) is 0 Å². The van der Waals surface area contributed by atoms with Gasteiger partial charge in [0.05, 0.1) is 0 Å². The molecule has 24 heavy (non-hydrogen) atoms. The third kappa shape index (κ3) is 3.58. The molecule has 0 saturated carbocycles. The van der Waals surface area contributed by atoms with Gasteiger partial charge in [-0.25, -0.2) is 4.79 Å². The number of amides is 2. The van der Waals surface area contributed by atoms with Crippen LogP contribution in [-0.4, -0.2) is 46.5 Å². The van der Waals surface area contributed by atoms with Gasteiger partial charge in [-0.3, -0.25) is 4.79 Å². The molecule has 1 saturated heterocycles. The van der Waals surface area contributed by atoms with Crippen molar-refractivity contribution < 1.29 is 14.3 Å². The van der Waals surface area contributed by atoms with Gasteiger partial charge in [0, 0.05) is 35.7 Å². The Morgan fingerprint density at radius 3 is 2.54 bits per heavy atom. The fourth-order valence-electron chi connectivity index (χ4n) is 3.29. The Hall–Kier alpha value is -1.56. The highest BCUT2D eigenvalue weighted by molar-refractivity contribution is 9.10. The monoisotopic (exact) mass is 394 g/mol. The molecular weight excluding hydrogens is 372 g/mol. The van der Waals surface area contributed by atoms with Crippen LogP contribution in [-0.2, 0) is 11.3 Å². The van der Waals surface area contributed by atoms with E-state index in [9.17, 15) is 9.59 Å². The molecule has 1 aromatic rings. The lowest BCUT2D eigenvalue weighted by Gasteiger charge is -2.37. The van der Waals surface area contributed by atoms with Crippen LogP contribution in [0.2, 0.25) is 0 Å². The van der Waals surface area contributed by atoms with Crippen LogP contribution in [0.15, 0.2) is 22.7 Å². The van der Waals surface area contributed by atoms with Crippen molar-refractivity contribution in [2.75, 3.05) is 13.1 Å². The maximum Gasteiger partial charge on any atom is 0.410 e. The largest absolute Gasteiger partial charge is 0.444 e. The molecular formula is C18H23BrN2O3. The summed E-state index contributed by atoms with van der Waals surface area (Å²) in [6.45, 7) is 7.53. The van der Waals surface area contributed by atoms with E-state index < -0.39 is 5.60 Å². The van der Waals surface area contributed by atoms with Crippen LogP contribution in [0.1, 0.15) is 49.5 Å². The van der Waals surface area contributed by atoms with Crippen LogP contribution >= 0.6 is 15.9 Å². The first-order valence-electron chi connectivity index (χ1n) is 8.32. The second kappa shape index (κ2) is 6.39. The zero-order chi connectivity index (χ0) is 17.5. The number of hydrogen-bond acceptors (Lipinski definition) is 3. The van der Waals surface area contributed by atoms with Gasteiger partial charge in [0.15, 0.2) is 0 Å². The molecule has 2 aliphatic heterocycles. The number of ether oxygens (including phenoxy) is 1. The molecule has 0 aliphatic carbocycles. The Morgan fingerprint density at radius 1 is 1.25 bits per heavy atom. The molecule has 5 nitrogen and oxygen atoms in total. The smallest absolute Gasteiger partial charge is 0.410 e.